The van der Waals surface area contributed by atoms with Crippen molar-refractivity contribution in [2.75, 3.05) is 20.3 Å². The molecule has 8 nitrogen and oxygen atoms in total. The zero-order valence-electron chi connectivity index (χ0n) is 21.8. The van der Waals surface area contributed by atoms with Gasteiger partial charge >= 0.3 is 0 Å². The molecule has 2 atom stereocenters. The first kappa shape index (κ1) is 26.4. The van der Waals surface area contributed by atoms with Crippen molar-refractivity contribution in [3.05, 3.63) is 89.6 Å². The summed E-state index contributed by atoms with van der Waals surface area (Å²) in [5.74, 6) is 0.186. The first-order valence-electron chi connectivity index (χ1n) is 12.6. The molecule has 3 aromatic carbocycles. The lowest BCUT2D eigenvalue weighted by Gasteiger charge is -2.30. The maximum atomic E-state index is 13.7. The fourth-order valence-electron chi connectivity index (χ4n) is 4.77. The lowest BCUT2D eigenvalue weighted by Crippen LogP contribution is -2.42. The monoisotopic (exact) mass is 542 g/mol. The zero-order valence-corrected chi connectivity index (χ0v) is 22.6. The molecule has 0 radical (unpaired) electrons. The van der Waals surface area contributed by atoms with Crippen LogP contribution < -0.4 is 15.2 Å². The van der Waals surface area contributed by atoms with Gasteiger partial charge in [0.25, 0.3) is 0 Å². The number of nitrogens with zero attached hydrogens (tertiary/aromatic N) is 2. The second-order valence-corrected chi connectivity index (χ2v) is 10.3. The number of ketones is 1. The molecule has 2 heterocycles. The Morgan fingerprint density at radius 3 is 2.72 bits per heavy atom. The van der Waals surface area contributed by atoms with Crippen LogP contribution in [0.15, 0.2) is 78.4 Å². The summed E-state index contributed by atoms with van der Waals surface area (Å²) in [6.45, 7) is 1.73. The molecule has 2 aromatic heterocycles. The molecule has 9 heteroatoms. The van der Waals surface area contributed by atoms with Crippen LogP contribution >= 0.6 is 11.3 Å². The molecule has 0 fully saturated rings. The molecule has 2 unspecified atom stereocenters. The van der Waals surface area contributed by atoms with Crippen molar-refractivity contribution in [3.63, 3.8) is 0 Å². The zero-order chi connectivity index (χ0) is 27.4. The van der Waals surface area contributed by atoms with Crippen LogP contribution in [0, 0.1) is 5.92 Å². The number of aromatic nitrogens is 2. The first-order chi connectivity index (χ1) is 18.9. The average molecular weight is 543 g/mol. The van der Waals surface area contributed by atoms with Gasteiger partial charge in [0, 0.05) is 48.7 Å². The van der Waals surface area contributed by atoms with Crippen LogP contribution in [0.4, 0.5) is 0 Å². The van der Waals surface area contributed by atoms with Crippen LogP contribution in [-0.2, 0) is 16.1 Å². The minimum atomic E-state index is -0.713. The van der Waals surface area contributed by atoms with Gasteiger partial charge in [0.1, 0.15) is 18.1 Å². The van der Waals surface area contributed by atoms with E-state index in [1.807, 2.05) is 66.9 Å². The van der Waals surface area contributed by atoms with Crippen molar-refractivity contribution >= 4 is 44.1 Å². The summed E-state index contributed by atoms with van der Waals surface area (Å²) < 4.78 is 12.4. The van der Waals surface area contributed by atoms with Crippen LogP contribution in [-0.4, -0.2) is 46.8 Å². The number of rotatable bonds is 11. The second-order valence-electron chi connectivity index (χ2n) is 9.37. The van der Waals surface area contributed by atoms with E-state index < -0.39 is 12.0 Å². The molecule has 39 heavy (non-hydrogen) atoms. The number of benzene rings is 3. The highest BCUT2D eigenvalue weighted by atomic mass is 32.1. The summed E-state index contributed by atoms with van der Waals surface area (Å²) in [6.07, 6.45) is 1.84. The van der Waals surface area contributed by atoms with E-state index in [0.717, 1.165) is 32.2 Å². The van der Waals surface area contributed by atoms with E-state index in [2.05, 4.69) is 9.97 Å². The molecular formula is C30H30N4O4S. The number of hydrogen-bond acceptors (Lipinski definition) is 7. The topological polar surface area (TPSA) is 111 Å². The summed E-state index contributed by atoms with van der Waals surface area (Å²) in [5.41, 5.74) is 12.1. The van der Waals surface area contributed by atoms with E-state index in [1.165, 1.54) is 18.3 Å². The molecule has 200 valence electrons. The average Bonchev–Trinajstić information content (AvgIpc) is 3.60. The summed E-state index contributed by atoms with van der Waals surface area (Å²) in [4.78, 5) is 35.7. The van der Waals surface area contributed by atoms with Crippen molar-refractivity contribution in [3.8, 4) is 11.5 Å². The number of Topliss-reactive ketones (excluding diaryl/α,β-unsaturated/α-hetero) is 1. The Kier molecular flexibility index (Phi) is 7.90. The number of para-hydroxylation sites is 2. The number of carbonyl (C=O) groups excluding carboxylic acids is 2. The Labute approximate surface area is 230 Å². The molecule has 0 bridgehead atoms. The number of fused-ring (bicyclic) bond motifs is 2. The Balaban J connectivity index is 1.42. The predicted molar refractivity (Wildman–Crippen MR) is 153 cm³/mol. The van der Waals surface area contributed by atoms with Crippen molar-refractivity contribution in [2.45, 2.75) is 19.5 Å². The van der Waals surface area contributed by atoms with Crippen LogP contribution in [0.5, 0.6) is 11.5 Å². The number of nitrogens with one attached hydrogen (secondary N) is 1. The number of ether oxygens (including phenoxy) is 2. The minimum absolute atomic E-state index is 0.129. The third-order valence-corrected chi connectivity index (χ3v) is 7.72. The SMILES string of the molecule is COc1ccccc1CN(CC(C(=O)COc1ccc2ncsc2c1)C(N)c1c[nH]c2ccccc12)C(C)=O. The lowest BCUT2D eigenvalue weighted by atomic mass is 9.89. The summed E-state index contributed by atoms with van der Waals surface area (Å²) in [6, 6.07) is 20.2. The number of nitrogens with two attached hydrogens (primary N) is 1. The highest BCUT2D eigenvalue weighted by Gasteiger charge is 2.32. The number of carbonyl (C=O) groups is 2. The molecular weight excluding hydrogens is 512 g/mol. The van der Waals surface area contributed by atoms with Gasteiger partial charge in [0.05, 0.1) is 28.8 Å². The van der Waals surface area contributed by atoms with Gasteiger partial charge in [-0.15, -0.1) is 11.3 Å². The van der Waals surface area contributed by atoms with Gasteiger partial charge in [-0.3, -0.25) is 9.59 Å². The number of hydrogen-bond donors (Lipinski definition) is 2. The minimum Gasteiger partial charge on any atom is -0.496 e. The summed E-state index contributed by atoms with van der Waals surface area (Å²) in [7, 11) is 1.59. The quantitative estimate of drug-likeness (QED) is 0.240. The van der Waals surface area contributed by atoms with Crippen molar-refractivity contribution in [1.82, 2.24) is 14.9 Å². The van der Waals surface area contributed by atoms with Gasteiger partial charge in [-0.1, -0.05) is 36.4 Å². The number of H-pyrrole nitrogens is 1. The number of amides is 1. The van der Waals surface area contributed by atoms with Gasteiger partial charge < -0.3 is 25.1 Å². The number of aromatic amines is 1. The second kappa shape index (κ2) is 11.7. The van der Waals surface area contributed by atoms with Crippen molar-refractivity contribution in [2.24, 2.45) is 11.7 Å². The molecule has 5 rings (SSSR count). The Morgan fingerprint density at radius 2 is 1.90 bits per heavy atom. The molecule has 0 saturated carbocycles. The van der Waals surface area contributed by atoms with Gasteiger partial charge in [-0.2, -0.15) is 0 Å². The lowest BCUT2D eigenvalue weighted by molar-refractivity contribution is -0.132. The molecule has 0 aliphatic rings. The van der Waals surface area contributed by atoms with Crippen LogP contribution in [0.3, 0.4) is 0 Å². The first-order valence-corrected chi connectivity index (χ1v) is 13.5. The number of thiazole rings is 1. The Bertz CT molecular complexity index is 1610. The summed E-state index contributed by atoms with van der Waals surface area (Å²) >= 11 is 1.51. The smallest absolute Gasteiger partial charge is 0.219 e. The van der Waals surface area contributed by atoms with Crippen LogP contribution in [0.25, 0.3) is 21.1 Å². The highest BCUT2D eigenvalue weighted by molar-refractivity contribution is 7.16. The molecule has 3 N–H and O–H groups in total. The van der Waals surface area contributed by atoms with E-state index in [9.17, 15) is 9.59 Å². The standard InChI is InChI=1S/C30H30N4O4S/c1-19(35)34(15-20-7-3-6-10-28(20)37-2)16-24(30(31)23-14-32-25-9-5-4-8-22(23)25)27(36)17-38-21-11-12-26-29(13-21)39-18-33-26/h3-14,18,24,30,32H,15-17,31H2,1-2H3. The third kappa shape index (κ3) is 5.79. The van der Waals surface area contributed by atoms with Gasteiger partial charge in [0.2, 0.25) is 5.91 Å². The fourth-order valence-corrected chi connectivity index (χ4v) is 5.48. The van der Waals surface area contributed by atoms with Crippen molar-refractivity contribution < 1.29 is 19.1 Å². The summed E-state index contributed by atoms with van der Waals surface area (Å²) in [5, 5.41) is 0.943. The van der Waals surface area contributed by atoms with Gasteiger partial charge in [0.15, 0.2) is 5.78 Å². The third-order valence-electron chi connectivity index (χ3n) is 6.93. The van der Waals surface area contributed by atoms with Crippen LogP contribution in [0.1, 0.15) is 24.1 Å². The van der Waals surface area contributed by atoms with Crippen molar-refractivity contribution in [1.29, 1.82) is 0 Å². The molecule has 5 aromatic rings. The predicted octanol–water partition coefficient (Wildman–Crippen LogP) is 5.10. The van der Waals surface area contributed by atoms with E-state index in [1.54, 1.807) is 23.6 Å². The Hall–Kier alpha value is -4.21. The molecule has 0 aliphatic carbocycles. The number of methoxy groups -OCH3 is 1. The molecule has 0 spiro atoms. The van der Waals surface area contributed by atoms with E-state index in [-0.39, 0.29) is 31.4 Å². The van der Waals surface area contributed by atoms with Gasteiger partial charge in [-0.05, 0) is 35.9 Å². The molecule has 0 saturated heterocycles. The highest BCUT2D eigenvalue weighted by Crippen LogP contribution is 2.30. The molecule has 0 aliphatic heterocycles. The van der Waals surface area contributed by atoms with Gasteiger partial charge in [-0.25, -0.2) is 4.98 Å². The maximum absolute atomic E-state index is 13.7. The maximum Gasteiger partial charge on any atom is 0.219 e. The normalized spacial score (nSPS) is 12.8. The van der Waals surface area contributed by atoms with E-state index >= 15 is 0 Å². The van der Waals surface area contributed by atoms with E-state index in [0.29, 0.717) is 11.5 Å². The van der Waals surface area contributed by atoms with E-state index in [4.69, 9.17) is 15.2 Å². The Morgan fingerprint density at radius 1 is 1.10 bits per heavy atom. The van der Waals surface area contributed by atoms with Crippen LogP contribution in [0.2, 0.25) is 0 Å². The fraction of sp³-hybridized carbons (Fsp3) is 0.233. The largest absolute Gasteiger partial charge is 0.496 e. The molecule has 1 amide bonds.